The number of ether oxygens (including phenoxy) is 1. The first-order valence-corrected chi connectivity index (χ1v) is 5.78. The van der Waals surface area contributed by atoms with Crippen LogP contribution in [0.5, 0.6) is 0 Å². The topological polar surface area (TPSA) is 65.4 Å². The molecule has 1 unspecified atom stereocenters. The van der Waals surface area contributed by atoms with Gasteiger partial charge >= 0.3 is 5.97 Å². The number of rotatable bonds is 4. The number of carbonyl (C=O) groups is 1. The van der Waals surface area contributed by atoms with E-state index in [0.29, 0.717) is 6.61 Å². The number of hydrogen-bond acceptors (Lipinski definition) is 5. The van der Waals surface area contributed by atoms with Gasteiger partial charge < -0.3 is 10.1 Å². The van der Waals surface area contributed by atoms with Gasteiger partial charge in [-0.3, -0.25) is 9.69 Å². The molecule has 16 heavy (non-hydrogen) atoms. The molecule has 1 rings (SSSR count). The van der Waals surface area contributed by atoms with Gasteiger partial charge in [0.25, 0.3) is 0 Å². The summed E-state index contributed by atoms with van der Waals surface area (Å²) in [5.41, 5.74) is 0. The summed E-state index contributed by atoms with van der Waals surface area (Å²) in [4.78, 5) is 13.4. The minimum Gasteiger partial charge on any atom is -0.466 e. The van der Waals surface area contributed by atoms with Crippen molar-refractivity contribution >= 4 is 5.97 Å². The Kier molecular flexibility index (Phi) is 5.83. The SMILES string of the molecule is CCOC(=O)CC(C#N)N1CCCNCC1. The van der Waals surface area contributed by atoms with E-state index in [1.165, 1.54) is 0 Å². The first kappa shape index (κ1) is 12.9. The lowest BCUT2D eigenvalue weighted by Crippen LogP contribution is -2.38. The molecule has 0 spiro atoms. The predicted octanol–water partition coefficient (Wildman–Crippen LogP) is 0.127. The van der Waals surface area contributed by atoms with Crippen LogP contribution in [-0.2, 0) is 9.53 Å². The van der Waals surface area contributed by atoms with Gasteiger partial charge in [-0.05, 0) is 19.9 Å². The second-order valence-electron chi connectivity index (χ2n) is 3.79. The summed E-state index contributed by atoms with van der Waals surface area (Å²) in [6.45, 7) is 5.69. The lowest BCUT2D eigenvalue weighted by Gasteiger charge is -2.24. The Labute approximate surface area is 96.4 Å². The third-order valence-corrected chi connectivity index (χ3v) is 2.63. The second kappa shape index (κ2) is 7.20. The Morgan fingerprint density at radius 1 is 1.56 bits per heavy atom. The molecule has 1 aliphatic rings. The van der Waals surface area contributed by atoms with Crippen LogP contribution >= 0.6 is 0 Å². The number of carbonyl (C=O) groups excluding carboxylic acids is 1. The first-order chi connectivity index (χ1) is 7.77. The third-order valence-electron chi connectivity index (χ3n) is 2.63. The molecule has 90 valence electrons. The summed E-state index contributed by atoms with van der Waals surface area (Å²) >= 11 is 0. The van der Waals surface area contributed by atoms with Crippen LogP contribution in [0.2, 0.25) is 0 Å². The zero-order valence-corrected chi connectivity index (χ0v) is 9.74. The lowest BCUT2D eigenvalue weighted by molar-refractivity contribution is -0.144. The molecule has 0 bridgehead atoms. The maximum atomic E-state index is 11.3. The molecule has 0 radical (unpaired) electrons. The van der Waals surface area contributed by atoms with E-state index in [1.807, 2.05) is 0 Å². The van der Waals surface area contributed by atoms with Gasteiger partial charge in [-0.2, -0.15) is 5.26 Å². The Balaban J connectivity index is 2.45. The Morgan fingerprint density at radius 3 is 3.06 bits per heavy atom. The van der Waals surface area contributed by atoms with Crippen LogP contribution in [0.15, 0.2) is 0 Å². The monoisotopic (exact) mass is 225 g/mol. The fourth-order valence-electron chi connectivity index (χ4n) is 1.81. The van der Waals surface area contributed by atoms with Crippen molar-refractivity contribution in [1.29, 1.82) is 5.26 Å². The van der Waals surface area contributed by atoms with Crippen LogP contribution in [-0.4, -0.2) is 49.7 Å². The first-order valence-electron chi connectivity index (χ1n) is 5.78. The van der Waals surface area contributed by atoms with Gasteiger partial charge in [-0.25, -0.2) is 0 Å². The standard InChI is InChI=1S/C11H19N3O2/c1-2-16-11(15)8-10(9-12)14-6-3-4-13-5-7-14/h10,13H,2-8H2,1H3. The summed E-state index contributed by atoms with van der Waals surface area (Å²) in [5.74, 6) is -0.286. The zero-order valence-electron chi connectivity index (χ0n) is 9.74. The number of nitriles is 1. The molecule has 1 N–H and O–H groups in total. The highest BCUT2D eigenvalue weighted by Crippen LogP contribution is 2.07. The quantitative estimate of drug-likeness (QED) is 0.689. The van der Waals surface area contributed by atoms with Gasteiger partial charge in [0.1, 0.15) is 6.04 Å². The van der Waals surface area contributed by atoms with Crippen LogP contribution < -0.4 is 5.32 Å². The summed E-state index contributed by atoms with van der Waals surface area (Å²) in [7, 11) is 0. The van der Waals surface area contributed by atoms with Crippen molar-refractivity contribution in [2.75, 3.05) is 32.8 Å². The molecule has 0 aliphatic carbocycles. The van der Waals surface area contributed by atoms with E-state index in [2.05, 4.69) is 16.3 Å². The molecule has 1 fully saturated rings. The normalized spacial score (nSPS) is 19.5. The molecule has 1 saturated heterocycles. The number of nitrogens with zero attached hydrogens (tertiary/aromatic N) is 2. The van der Waals surface area contributed by atoms with E-state index in [1.54, 1.807) is 6.92 Å². The lowest BCUT2D eigenvalue weighted by atomic mass is 10.2. The van der Waals surface area contributed by atoms with Crippen molar-refractivity contribution in [2.24, 2.45) is 0 Å². The van der Waals surface area contributed by atoms with E-state index in [4.69, 9.17) is 10.00 Å². The average molecular weight is 225 g/mol. The molecule has 0 aromatic carbocycles. The molecule has 1 aliphatic heterocycles. The maximum Gasteiger partial charge on any atom is 0.308 e. The van der Waals surface area contributed by atoms with E-state index >= 15 is 0 Å². The molecule has 0 saturated carbocycles. The summed E-state index contributed by atoms with van der Waals surface area (Å²) < 4.78 is 4.86. The number of nitrogens with one attached hydrogen (secondary N) is 1. The van der Waals surface area contributed by atoms with Crippen LogP contribution in [0.25, 0.3) is 0 Å². The van der Waals surface area contributed by atoms with Crippen LogP contribution in [0.1, 0.15) is 19.8 Å². The van der Waals surface area contributed by atoms with Gasteiger partial charge in [-0.15, -0.1) is 0 Å². The second-order valence-corrected chi connectivity index (χ2v) is 3.79. The molecule has 1 atom stereocenters. The van der Waals surface area contributed by atoms with Crippen molar-refractivity contribution in [3.63, 3.8) is 0 Å². The van der Waals surface area contributed by atoms with E-state index in [-0.39, 0.29) is 18.4 Å². The number of esters is 1. The largest absolute Gasteiger partial charge is 0.466 e. The van der Waals surface area contributed by atoms with Gasteiger partial charge in [0.2, 0.25) is 0 Å². The van der Waals surface area contributed by atoms with Gasteiger partial charge in [0.05, 0.1) is 19.1 Å². The van der Waals surface area contributed by atoms with Gasteiger partial charge in [0, 0.05) is 19.6 Å². The highest BCUT2D eigenvalue weighted by atomic mass is 16.5. The third kappa shape index (κ3) is 4.17. The molecule has 5 nitrogen and oxygen atoms in total. The van der Waals surface area contributed by atoms with Crippen molar-refractivity contribution in [3.05, 3.63) is 0 Å². The summed E-state index contributed by atoms with van der Waals surface area (Å²) in [6.07, 6.45) is 1.19. The Morgan fingerprint density at radius 2 is 2.38 bits per heavy atom. The number of hydrogen-bond donors (Lipinski definition) is 1. The minimum absolute atomic E-state index is 0.171. The Bertz CT molecular complexity index is 254. The van der Waals surface area contributed by atoms with E-state index in [0.717, 1.165) is 32.6 Å². The van der Waals surface area contributed by atoms with Crippen molar-refractivity contribution in [1.82, 2.24) is 10.2 Å². The molecule has 0 aromatic rings. The van der Waals surface area contributed by atoms with E-state index < -0.39 is 0 Å². The molecule has 0 aromatic heterocycles. The molecule has 0 amide bonds. The smallest absolute Gasteiger partial charge is 0.308 e. The zero-order chi connectivity index (χ0) is 11.8. The van der Waals surface area contributed by atoms with E-state index in [9.17, 15) is 4.79 Å². The van der Waals surface area contributed by atoms with Crippen LogP contribution in [0.4, 0.5) is 0 Å². The fraction of sp³-hybridized carbons (Fsp3) is 0.818. The summed E-state index contributed by atoms with van der Waals surface area (Å²) in [6, 6.07) is 1.84. The van der Waals surface area contributed by atoms with Crippen LogP contribution in [0.3, 0.4) is 0 Å². The molecular weight excluding hydrogens is 206 g/mol. The fourth-order valence-corrected chi connectivity index (χ4v) is 1.81. The maximum absolute atomic E-state index is 11.3. The Hall–Kier alpha value is -1.12. The van der Waals surface area contributed by atoms with Crippen molar-refractivity contribution in [3.8, 4) is 6.07 Å². The summed E-state index contributed by atoms with van der Waals surface area (Å²) in [5, 5.41) is 12.3. The van der Waals surface area contributed by atoms with Gasteiger partial charge in [0.15, 0.2) is 0 Å². The van der Waals surface area contributed by atoms with Crippen molar-refractivity contribution < 1.29 is 9.53 Å². The minimum atomic E-state index is -0.348. The van der Waals surface area contributed by atoms with Crippen molar-refractivity contribution in [2.45, 2.75) is 25.8 Å². The molecule has 5 heteroatoms. The molecule has 1 heterocycles. The average Bonchev–Trinajstić information content (AvgIpc) is 2.55. The van der Waals surface area contributed by atoms with Gasteiger partial charge in [-0.1, -0.05) is 0 Å². The van der Waals surface area contributed by atoms with Crippen LogP contribution in [0, 0.1) is 11.3 Å². The molecular formula is C11H19N3O2. The highest BCUT2D eigenvalue weighted by Gasteiger charge is 2.22. The highest BCUT2D eigenvalue weighted by molar-refractivity contribution is 5.70. The predicted molar refractivity (Wildman–Crippen MR) is 59.7 cm³/mol.